The van der Waals surface area contributed by atoms with Crippen LogP contribution < -0.4 is 0 Å². The predicted octanol–water partition coefficient (Wildman–Crippen LogP) is 0.667. The quantitative estimate of drug-likeness (QED) is 0.463. The monoisotopic (exact) mass is 172 g/mol. The largest absolute Gasteiger partial charge is 0.466 e. The molecule has 0 amide bonds. The van der Waals surface area contributed by atoms with Gasteiger partial charge in [0.15, 0.2) is 6.10 Å². The van der Waals surface area contributed by atoms with E-state index in [-0.39, 0.29) is 5.57 Å². The van der Waals surface area contributed by atoms with Gasteiger partial charge in [-0.15, -0.1) is 0 Å². The molecule has 4 nitrogen and oxygen atoms in total. The molecule has 0 bridgehead atoms. The molecule has 0 unspecified atom stereocenters. The maximum atomic E-state index is 10.8. The zero-order valence-corrected chi connectivity index (χ0v) is 7.42. The molecule has 0 aliphatic heterocycles. The van der Waals surface area contributed by atoms with Crippen molar-refractivity contribution in [2.75, 3.05) is 7.11 Å². The summed E-state index contributed by atoms with van der Waals surface area (Å²) >= 11 is 0. The molecule has 0 aromatic carbocycles. The summed E-state index contributed by atoms with van der Waals surface area (Å²) < 4.78 is 9.00. The van der Waals surface area contributed by atoms with Crippen molar-refractivity contribution in [1.29, 1.82) is 0 Å². The lowest BCUT2D eigenvalue weighted by Gasteiger charge is -2.09. The van der Waals surface area contributed by atoms with Gasteiger partial charge in [0, 0.05) is 5.57 Å². The second-order valence-electron chi connectivity index (χ2n) is 2.35. The number of esters is 2. The Morgan fingerprint density at radius 1 is 1.42 bits per heavy atom. The molecule has 12 heavy (non-hydrogen) atoms. The number of methoxy groups -OCH3 is 1. The molecule has 0 heterocycles. The van der Waals surface area contributed by atoms with E-state index in [9.17, 15) is 9.59 Å². The Balaban J connectivity index is 4.01. The summed E-state index contributed by atoms with van der Waals surface area (Å²) in [6.45, 7) is 6.31. The van der Waals surface area contributed by atoms with Gasteiger partial charge in [-0.3, -0.25) is 0 Å². The van der Waals surface area contributed by atoms with E-state index in [4.69, 9.17) is 0 Å². The van der Waals surface area contributed by atoms with Crippen LogP contribution in [0.2, 0.25) is 0 Å². The van der Waals surface area contributed by atoms with Crippen LogP contribution in [0.15, 0.2) is 12.2 Å². The molecule has 0 spiro atoms. The minimum absolute atomic E-state index is 0.255. The Bertz CT molecular complexity index is 207. The third kappa shape index (κ3) is 3.18. The lowest BCUT2D eigenvalue weighted by molar-refractivity contribution is -0.162. The Hall–Kier alpha value is -1.32. The van der Waals surface area contributed by atoms with Gasteiger partial charge in [0.05, 0.1) is 7.11 Å². The Labute approximate surface area is 71.2 Å². The lowest BCUT2D eigenvalue weighted by Crippen LogP contribution is -2.25. The van der Waals surface area contributed by atoms with E-state index in [1.165, 1.54) is 21.0 Å². The molecule has 0 N–H and O–H groups in total. The highest BCUT2D eigenvalue weighted by atomic mass is 16.6. The average molecular weight is 172 g/mol. The van der Waals surface area contributed by atoms with Crippen molar-refractivity contribution in [3.8, 4) is 0 Å². The summed E-state index contributed by atoms with van der Waals surface area (Å²) in [5, 5.41) is 0. The van der Waals surface area contributed by atoms with Crippen molar-refractivity contribution in [2.24, 2.45) is 0 Å². The molecule has 4 heteroatoms. The molecule has 0 rings (SSSR count). The second kappa shape index (κ2) is 4.54. The summed E-state index contributed by atoms with van der Waals surface area (Å²) in [7, 11) is 1.23. The highest BCUT2D eigenvalue weighted by molar-refractivity contribution is 5.89. The summed E-state index contributed by atoms with van der Waals surface area (Å²) in [4.78, 5) is 21.6. The molecule has 1 atom stereocenters. The molecule has 0 radical (unpaired) electrons. The summed E-state index contributed by atoms with van der Waals surface area (Å²) in [6.07, 6.45) is -0.876. The minimum atomic E-state index is -0.876. The minimum Gasteiger partial charge on any atom is -0.466 e. The SMILES string of the molecule is C=C(C)C(=O)O[C@H](C)C(=O)OC. The van der Waals surface area contributed by atoms with Crippen molar-refractivity contribution in [1.82, 2.24) is 0 Å². The van der Waals surface area contributed by atoms with Crippen molar-refractivity contribution in [3.05, 3.63) is 12.2 Å². The van der Waals surface area contributed by atoms with E-state index >= 15 is 0 Å². The van der Waals surface area contributed by atoms with Gasteiger partial charge < -0.3 is 9.47 Å². The van der Waals surface area contributed by atoms with Gasteiger partial charge in [0.1, 0.15) is 0 Å². The Morgan fingerprint density at radius 2 is 1.92 bits per heavy atom. The zero-order chi connectivity index (χ0) is 9.72. The smallest absolute Gasteiger partial charge is 0.346 e. The van der Waals surface area contributed by atoms with Gasteiger partial charge in [-0.05, 0) is 13.8 Å². The summed E-state index contributed by atoms with van der Waals surface area (Å²) in [6, 6.07) is 0. The fraction of sp³-hybridized carbons (Fsp3) is 0.500. The van der Waals surface area contributed by atoms with E-state index in [0.717, 1.165) is 0 Å². The first-order valence-corrected chi connectivity index (χ1v) is 3.43. The van der Waals surface area contributed by atoms with E-state index < -0.39 is 18.0 Å². The number of ether oxygens (including phenoxy) is 2. The molecular weight excluding hydrogens is 160 g/mol. The topological polar surface area (TPSA) is 52.6 Å². The maximum absolute atomic E-state index is 10.8. The molecule has 0 aliphatic carbocycles. The first kappa shape index (κ1) is 10.7. The van der Waals surface area contributed by atoms with Crippen LogP contribution >= 0.6 is 0 Å². The van der Waals surface area contributed by atoms with E-state index in [1.807, 2.05) is 0 Å². The van der Waals surface area contributed by atoms with Gasteiger partial charge in [-0.1, -0.05) is 6.58 Å². The molecule has 0 saturated heterocycles. The van der Waals surface area contributed by atoms with Crippen LogP contribution in [0.25, 0.3) is 0 Å². The summed E-state index contributed by atoms with van der Waals surface area (Å²) in [5.74, 6) is -1.17. The highest BCUT2D eigenvalue weighted by Crippen LogP contribution is 1.99. The second-order valence-corrected chi connectivity index (χ2v) is 2.35. The van der Waals surface area contributed by atoms with Crippen LogP contribution in [-0.2, 0) is 19.1 Å². The molecule has 0 aromatic rings. The zero-order valence-electron chi connectivity index (χ0n) is 7.42. The van der Waals surface area contributed by atoms with E-state index in [0.29, 0.717) is 0 Å². The molecule has 0 fully saturated rings. The van der Waals surface area contributed by atoms with Gasteiger partial charge in [-0.2, -0.15) is 0 Å². The maximum Gasteiger partial charge on any atom is 0.346 e. The fourth-order valence-electron chi connectivity index (χ4n) is 0.475. The van der Waals surface area contributed by atoms with Crippen molar-refractivity contribution in [2.45, 2.75) is 20.0 Å². The molecule has 68 valence electrons. The average Bonchev–Trinajstić information content (AvgIpc) is 2.02. The van der Waals surface area contributed by atoms with Crippen LogP contribution in [0.5, 0.6) is 0 Å². The molecule has 0 aromatic heterocycles. The highest BCUT2D eigenvalue weighted by Gasteiger charge is 2.17. The van der Waals surface area contributed by atoms with Crippen LogP contribution in [-0.4, -0.2) is 25.2 Å². The van der Waals surface area contributed by atoms with Gasteiger partial charge >= 0.3 is 11.9 Å². The van der Waals surface area contributed by atoms with Crippen LogP contribution in [0, 0.1) is 0 Å². The van der Waals surface area contributed by atoms with Crippen LogP contribution in [0.4, 0.5) is 0 Å². The molecule has 0 aliphatic rings. The number of hydrogen-bond donors (Lipinski definition) is 0. The third-order valence-electron chi connectivity index (χ3n) is 1.17. The van der Waals surface area contributed by atoms with Gasteiger partial charge in [0.25, 0.3) is 0 Å². The van der Waals surface area contributed by atoms with Gasteiger partial charge in [0.2, 0.25) is 0 Å². The van der Waals surface area contributed by atoms with Gasteiger partial charge in [-0.25, -0.2) is 9.59 Å². The fourth-order valence-corrected chi connectivity index (χ4v) is 0.475. The number of carbonyl (C=O) groups excluding carboxylic acids is 2. The number of carbonyl (C=O) groups is 2. The number of hydrogen-bond acceptors (Lipinski definition) is 4. The van der Waals surface area contributed by atoms with Crippen molar-refractivity contribution in [3.63, 3.8) is 0 Å². The lowest BCUT2D eigenvalue weighted by atomic mass is 10.3. The van der Waals surface area contributed by atoms with Crippen LogP contribution in [0.3, 0.4) is 0 Å². The standard InChI is InChI=1S/C8H12O4/c1-5(2)7(9)12-6(3)8(10)11-4/h6H,1H2,2-4H3/t6-/m1/s1. The third-order valence-corrected chi connectivity index (χ3v) is 1.17. The molecular formula is C8H12O4. The summed E-state index contributed by atoms with van der Waals surface area (Å²) in [5.41, 5.74) is 0.255. The molecule has 0 saturated carbocycles. The Kier molecular flexibility index (Phi) is 4.04. The first-order valence-electron chi connectivity index (χ1n) is 3.43. The van der Waals surface area contributed by atoms with Crippen LogP contribution in [0.1, 0.15) is 13.8 Å². The number of rotatable bonds is 3. The Morgan fingerprint density at radius 3 is 2.25 bits per heavy atom. The van der Waals surface area contributed by atoms with E-state index in [1.54, 1.807) is 0 Å². The van der Waals surface area contributed by atoms with E-state index in [2.05, 4.69) is 16.1 Å². The van der Waals surface area contributed by atoms with Crippen molar-refractivity contribution < 1.29 is 19.1 Å². The van der Waals surface area contributed by atoms with Crippen molar-refractivity contribution >= 4 is 11.9 Å². The first-order chi connectivity index (χ1) is 5.49. The normalized spacial score (nSPS) is 11.6. The predicted molar refractivity (Wildman–Crippen MR) is 42.4 cm³/mol.